The average molecular weight is 321 g/mol. The molecule has 1 unspecified atom stereocenters. The second-order valence-corrected chi connectivity index (χ2v) is 6.21. The van der Waals surface area contributed by atoms with Crippen molar-refractivity contribution in [2.45, 2.75) is 24.5 Å². The third-order valence-corrected chi connectivity index (χ3v) is 4.62. The molecule has 0 aromatic carbocycles. The van der Waals surface area contributed by atoms with Crippen molar-refractivity contribution in [3.8, 4) is 0 Å². The maximum absolute atomic E-state index is 12.2. The fourth-order valence-electron chi connectivity index (χ4n) is 2.94. The predicted molar refractivity (Wildman–Crippen MR) is 84.3 cm³/mol. The molecule has 6 nitrogen and oxygen atoms in total. The summed E-state index contributed by atoms with van der Waals surface area (Å²) in [6.07, 6.45) is 4.56. The van der Waals surface area contributed by atoms with Crippen LogP contribution in [0.15, 0.2) is 17.4 Å². The van der Waals surface area contributed by atoms with Crippen molar-refractivity contribution in [3.63, 3.8) is 0 Å². The van der Waals surface area contributed by atoms with E-state index in [1.165, 1.54) is 18.9 Å². The van der Waals surface area contributed by atoms with E-state index in [0.29, 0.717) is 30.0 Å². The van der Waals surface area contributed by atoms with Crippen molar-refractivity contribution < 1.29 is 14.3 Å². The minimum atomic E-state index is -0.345. The molecule has 2 aromatic heterocycles. The second-order valence-electron chi connectivity index (χ2n) is 5.44. The van der Waals surface area contributed by atoms with Gasteiger partial charge in [0.1, 0.15) is 11.3 Å². The third kappa shape index (κ3) is 2.59. The van der Waals surface area contributed by atoms with Crippen LogP contribution in [0.1, 0.15) is 29.9 Å². The van der Waals surface area contributed by atoms with E-state index in [1.54, 1.807) is 6.20 Å². The van der Waals surface area contributed by atoms with Crippen LogP contribution >= 0.6 is 11.8 Å². The summed E-state index contributed by atoms with van der Waals surface area (Å²) in [5.74, 6) is -0.0390. The SMILES string of the molecule is COC(=O)c1cc2cnc(SC)nc2n1C1CCOC[C@@H]1C. The summed E-state index contributed by atoms with van der Waals surface area (Å²) < 4.78 is 12.5. The van der Waals surface area contributed by atoms with Gasteiger partial charge in [-0.05, 0) is 18.7 Å². The highest BCUT2D eigenvalue weighted by Gasteiger charge is 2.29. The van der Waals surface area contributed by atoms with Gasteiger partial charge in [-0.15, -0.1) is 0 Å². The van der Waals surface area contributed by atoms with Gasteiger partial charge in [0.25, 0.3) is 0 Å². The Labute approximate surface area is 133 Å². The Balaban J connectivity index is 2.20. The summed E-state index contributed by atoms with van der Waals surface area (Å²) in [5.41, 5.74) is 1.32. The molecule has 0 bridgehead atoms. The number of hydrogen-bond acceptors (Lipinski definition) is 6. The Morgan fingerprint density at radius 2 is 2.36 bits per heavy atom. The maximum Gasteiger partial charge on any atom is 0.354 e. The zero-order chi connectivity index (χ0) is 15.7. The van der Waals surface area contributed by atoms with Crippen LogP contribution in [-0.4, -0.2) is 47.1 Å². The van der Waals surface area contributed by atoms with Crippen molar-refractivity contribution in [1.29, 1.82) is 0 Å². The number of nitrogens with zero attached hydrogens (tertiary/aromatic N) is 3. The minimum Gasteiger partial charge on any atom is -0.464 e. The van der Waals surface area contributed by atoms with Gasteiger partial charge in [0, 0.05) is 30.1 Å². The first-order valence-corrected chi connectivity index (χ1v) is 8.46. The van der Waals surface area contributed by atoms with Gasteiger partial charge in [0.2, 0.25) is 0 Å². The summed E-state index contributed by atoms with van der Waals surface area (Å²) in [4.78, 5) is 21.1. The number of carbonyl (C=O) groups is 1. The molecule has 0 N–H and O–H groups in total. The predicted octanol–water partition coefficient (Wildman–Crippen LogP) is 2.54. The lowest BCUT2D eigenvalue weighted by Gasteiger charge is -2.31. The second kappa shape index (κ2) is 6.26. The Kier molecular flexibility index (Phi) is 4.35. The molecule has 1 aliphatic heterocycles. The number of esters is 1. The topological polar surface area (TPSA) is 66.2 Å². The van der Waals surface area contributed by atoms with Gasteiger partial charge in [0.05, 0.1) is 13.7 Å². The van der Waals surface area contributed by atoms with Gasteiger partial charge in [-0.25, -0.2) is 14.8 Å². The fraction of sp³-hybridized carbons (Fsp3) is 0.533. The van der Waals surface area contributed by atoms with Crippen LogP contribution in [0.25, 0.3) is 11.0 Å². The lowest BCUT2D eigenvalue weighted by molar-refractivity contribution is 0.0273. The molecule has 3 rings (SSSR count). The first kappa shape index (κ1) is 15.3. The van der Waals surface area contributed by atoms with Gasteiger partial charge < -0.3 is 14.0 Å². The van der Waals surface area contributed by atoms with E-state index in [1.807, 2.05) is 16.9 Å². The molecule has 0 spiro atoms. The molecule has 0 saturated carbocycles. The molecule has 118 valence electrons. The number of rotatable bonds is 3. The maximum atomic E-state index is 12.2. The van der Waals surface area contributed by atoms with Crippen LogP contribution in [0.3, 0.4) is 0 Å². The van der Waals surface area contributed by atoms with Crippen LogP contribution in [0.2, 0.25) is 0 Å². The fourth-order valence-corrected chi connectivity index (χ4v) is 3.28. The third-order valence-electron chi connectivity index (χ3n) is 4.06. The molecule has 1 aliphatic rings. The first-order chi connectivity index (χ1) is 10.7. The van der Waals surface area contributed by atoms with Gasteiger partial charge in [-0.1, -0.05) is 18.7 Å². The highest BCUT2D eigenvalue weighted by molar-refractivity contribution is 7.98. The van der Waals surface area contributed by atoms with Gasteiger partial charge in [-0.2, -0.15) is 0 Å². The van der Waals surface area contributed by atoms with Crippen LogP contribution in [0.4, 0.5) is 0 Å². The molecule has 1 fully saturated rings. The van der Waals surface area contributed by atoms with E-state index in [9.17, 15) is 4.79 Å². The lowest BCUT2D eigenvalue weighted by Crippen LogP contribution is -2.30. The Hall–Kier alpha value is -1.60. The molecule has 0 amide bonds. The molecule has 7 heteroatoms. The molecule has 2 aromatic rings. The van der Waals surface area contributed by atoms with E-state index in [4.69, 9.17) is 9.47 Å². The van der Waals surface area contributed by atoms with Gasteiger partial charge in [0.15, 0.2) is 5.16 Å². The highest BCUT2D eigenvalue weighted by atomic mass is 32.2. The van der Waals surface area contributed by atoms with Crippen LogP contribution in [0.5, 0.6) is 0 Å². The zero-order valence-electron chi connectivity index (χ0n) is 12.9. The molecular weight excluding hydrogens is 302 g/mol. The summed E-state index contributed by atoms with van der Waals surface area (Å²) in [6.45, 7) is 3.51. The Bertz CT molecular complexity index is 701. The van der Waals surface area contributed by atoms with Crippen molar-refractivity contribution in [1.82, 2.24) is 14.5 Å². The summed E-state index contributed by atoms with van der Waals surface area (Å²) >= 11 is 1.49. The monoisotopic (exact) mass is 321 g/mol. The normalized spacial score (nSPS) is 22.0. The summed E-state index contributed by atoms with van der Waals surface area (Å²) in [5, 5.41) is 1.56. The van der Waals surface area contributed by atoms with E-state index in [-0.39, 0.29) is 12.0 Å². The molecule has 3 heterocycles. The van der Waals surface area contributed by atoms with Crippen LogP contribution < -0.4 is 0 Å². The molecule has 22 heavy (non-hydrogen) atoms. The number of carbonyl (C=O) groups excluding carboxylic acids is 1. The van der Waals surface area contributed by atoms with Crippen LogP contribution in [0, 0.1) is 5.92 Å². The largest absolute Gasteiger partial charge is 0.464 e. The number of ether oxygens (including phenoxy) is 2. The highest BCUT2D eigenvalue weighted by Crippen LogP contribution is 2.33. The van der Waals surface area contributed by atoms with E-state index >= 15 is 0 Å². The van der Waals surface area contributed by atoms with Crippen molar-refractivity contribution in [3.05, 3.63) is 18.0 Å². The van der Waals surface area contributed by atoms with Crippen molar-refractivity contribution >= 4 is 28.8 Å². The molecule has 1 saturated heterocycles. The van der Waals surface area contributed by atoms with Gasteiger partial charge >= 0.3 is 5.97 Å². The van der Waals surface area contributed by atoms with E-state index in [2.05, 4.69) is 16.9 Å². The molecule has 0 aliphatic carbocycles. The van der Waals surface area contributed by atoms with Crippen molar-refractivity contribution in [2.24, 2.45) is 5.92 Å². The average Bonchev–Trinajstić information content (AvgIpc) is 2.92. The van der Waals surface area contributed by atoms with Crippen molar-refractivity contribution in [2.75, 3.05) is 26.6 Å². The van der Waals surface area contributed by atoms with E-state index in [0.717, 1.165) is 17.5 Å². The first-order valence-electron chi connectivity index (χ1n) is 7.23. The molecular formula is C15H19N3O3S. The number of hydrogen-bond donors (Lipinski definition) is 0. The number of aromatic nitrogens is 3. The zero-order valence-corrected chi connectivity index (χ0v) is 13.7. The Morgan fingerprint density at radius 3 is 3.05 bits per heavy atom. The summed E-state index contributed by atoms with van der Waals surface area (Å²) in [6, 6.07) is 1.98. The quantitative estimate of drug-likeness (QED) is 0.492. The number of thioether (sulfide) groups is 1. The molecule has 0 radical (unpaired) electrons. The van der Waals surface area contributed by atoms with Gasteiger partial charge in [-0.3, -0.25) is 0 Å². The number of fused-ring (bicyclic) bond motifs is 1. The van der Waals surface area contributed by atoms with Crippen LogP contribution in [-0.2, 0) is 9.47 Å². The molecule has 2 atom stereocenters. The lowest BCUT2D eigenvalue weighted by atomic mass is 9.97. The summed E-state index contributed by atoms with van der Waals surface area (Å²) in [7, 11) is 1.40. The Morgan fingerprint density at radius 1 is 1.55 bits per heavy atom. The smallest absolute Gasteiger partial charge is 0.354 e. The number of methoxy groups -OCH3 is 1. The minimum absolute atomic E-state index is 0.171. The standard InChI is InChI=1S/C15H19N3O3S/c1-9-8-21-5-4-11(9)18-12(14(19)20-2)6-10-7-16-15(22-3)17-13(10)18/h6-7,9,11H,4-5,8H2,1-3H3/t9-,11?/m0/s1. The van der Waals surface area contributed by atoms with E-state index < -0.39 is 0 Å².